The zero-order valence-electron chi connectivity index (χ0n) is 16.4. The van der Waals surface area contributed by atoms with Gasteiger partial charge in [-0.25, -0.2) is 14.4 Å². The van der Waals surface area contributed by atoms with Gasteiger partial charge in [-0.05, 0) is 57.1 Å². The minimum absolute atomic E-state index is 0.0599. The highest BCUT2D eigenvalue weighted by Crippen LogP contribution is 2.41. The van der Waals surface area contributed by atoms with Crippen molar-refractivity contribution in [3.63, 3.8) is 0 Å². The molecule has 8 heteroatoms. The lowest BCUT2D eigenvalue weighted by Crippen LogP contribution is -2.34. The van der Waals surface area contributed by atoms with Gasteiger partial charge in [0.15, 0.2) is 5.82 Å². The van der Waals surface area contributed by atoms with E-state index in [2.05, 4.69) is 20.3 Å². The number of pyridine rings is 1. The number of ether oxygens (including phenoxy) is 1. The van der Waals surface area contributed by atoms with Crippen LogP contribution in [0.15, 0.2) is 24.5 Å². The minimum atomic E-state index is -0.918. The fourth-order valence-electron chi connectivity index (χ4n) is 4.06. The van der Waals surface area contributed by atoms with E-state index in [1.54, 1.807) is 18.3 Å². The molecule has 0 unspecified atom stereocenters. The van der Waals surface area contributed by atoms with Gasteiger partial charge in [0.2, 0.25) is 5.95 Å². The Kier molecular flexibility index (Phi) is 5.45. The first kappa shape index (κ1) is 19.7. The van der Waals surface area contributed by atoms with Gasteiger partial charge in [0, 0.05) is 17.8 Å². The quantitative estimate of drug-likeness (QED) is 0.744. The molecule has 2 aromatic rings. The summed E-state index contributed by atoms with van der Waals surface area (Å²) >= 11 is 0. The van der Waals surface area contributed by atoms with Gasteiger partial charge in [-0.2, -0.15) is 0 Å². The molecule has 2 aliphatic carbocycles. The summed E-state index contributed by atoms with van der Waals surface area (Å²) in [4.78, 5) is 24.4. The zero-order valence-corrected chi connectivity index (χ0v) is 16.4. The fraction of sp³-hybridized carbons (Fsp3) is 0.524. The summed E-state index contributed by atoms with van der Waals surface area (Å²) in [5.41, 5.74) is 0.374. The summed E-state index contributed by atoms with van der Waals surface area (Å²) in [6.07, 6.45) is 8.08. The monoisotopic (exact) mass is 400 g/mol. The number of aromatic nitrogens is 3. The smallest absolute Gasteiger partial charge is 0.308 e. The molecule has 4 rings (SSSR count). The number of hydrogen-bond donors (Lipinski definition) is 2. The molecular formula is C21H25FN4O3. The Morgan fingerprint density at radius 1 is 1.28 bits per heavy atom. The minimum Gasteiger partial charge on any atom is -0.469 e. The van der Waals surface area contributed by atoms with Gasteiger partial charge in [-0.1, -0.05) is 0 Å². The van der Waals surface area contributed by atoms with Crippen LogP contribution in [0.3, 0.4) is 0 Å². The number of aliphatic hydroxyl groups is 1. The third-order valence-corrected chi connectivity index (χ3v) is 6.03. The van der Waals surface area contributed by atoms with Crippen molar-refractivity contribution >= 4 is 11.9 Å². The van der Waals surface area contributed by atoms with Crippen molar-refractivity contribution in [1.29, 1.82) is 0 Å². The number of methoxy groups -OCH3 is 1. The predicted molar refractivity (Wildman–Crippen MR) is 104 cm³/mol. The van der Waals surface area contributed by atoms with Crippen LogP contribution in [-0.4, -0.2) is 39.2 Å². The molecule has 29 heavy (non-hydrogen) atoms. The summed E-state index contributed by atoms with van der Waals surface area (Å²) < 4.78 is 19.3. The summed E-state index contributed by atoms with van der Waals surface area (Å²) in [5, 5.41) is 13.8. The van der Waals surface area contributed by atoms with Crippen LogP contribution >= 0.6 is 0 Å². The number of hydrogen-bond acceptors (Lipinski definition) is 7. The average molecular weight is 400 g/mol. The maximum Gasteiger partial charge on any atom is 0.308 e. The van der Waals surface area contributed by atoms with Crippen LogP contribution in [0.2, 0.25) is 0 Å². The lowest BCUT2D eigenvalue weighted by atomic mass is 9.77. The number of rotatable bonds is 5. The van der Waals surface area contributed by atoms with Gasteiger partial charge < -0.3 is 15.2 Å². The molecule has 0 atom stereocenters. The van der Waals surface area contributed by atoms with E-state index in [4.69, 9.17) is 4.74 Å². The highest BCUT2D eigenvalue weighted by molar-refractivity contribution is 5.72. The first-order valence-electron chi connectivity index (χ1n) is 10.0. The Hall–Kier alpha value is -2.61. The second-order valence-electron chi connectivity index (χ2n) is 7.92. The number of halogens is 1. The molecule has 0 saturated heterocycles. The van der Waals surface area contributed by atoms with Crippen LogP contribution < -0.4 is 5.32 Å². The largest absolute Gasteiger partial charge is 0.469 e. The normalized spacial score (nSPS) is 23.1. The number of nitrogens with zero attached hydrogens (tertiary/aromatic N) is 3. The van der Waals surface area contributed by atoms with Crippen molar-refractivity contribution in [3.05, 3.63) is 36.0 Å². The predicted octanol–water partition coefficient (Wildman–Crippen LogP) is 3.19. The summed E-state index contributed by atoms with van der Waals surface area (Å²) in [6, 6.07) is 3.51. The molecule has 0 spiro atoms. The van der Waals surface area contributed by atoms with Gasteiger partial charge >= 0.3 is 5.97 Å². The number of carbonyl (C=O) groups is 1. The molecule has 2 fully saturated rings. The average Bonchev–Trinajstić information content (AvgIpc) is 2.73. The van der Waals surface area contributed by atoms with Gasteiger partial charge in [0.25, 0.3) is 0 Å². The van der Waals surface area contributed by atoms with E-state index >= 15 is 0 Å². The molecule has 0 radical (unpaired) electrons. The summed E-state index contributed by atoms with van der Waals surface area (Å²) in [7, 11) is 1.41. The van der Waals surface area contributed by atoms with Gasteiger partial charge in [0.1, 0.15) is 11.3 Å². The first-order valence-corrected chi connectivity index (χ1v) is 10.0. The van der Waals surface area contributed by atoms with E-state index < -0.39 is 11.4 Å². The molecule has 2 aromatic heterocycles. The van der Waals surface area contributed by atoms with Crippen LogP contribution in [0, 0.1) is 11.7 Å². The SMILES string of the molecule is COC(=O)C1CCC(Nc2ncc(F)c(-c3ccnc(C4(O)CCC4)c3)n2)CC1. The maximum absolute atomic E-state index is 14.5. The number of nitrogens with one attached hydrogen (secondary N) is 1. The zero-order chi connectivity index (χ0) is 20.4. The molecule has 154 valence electrons. The van der Waals surface area contributed by atoms with Gasteiger partial charge in [0.05, 0.1) is 24.9 Å². The molecule has 2 N–H and O–H groups in total. The molecule has 0 aliphatic heterocycles. The van der Waals surface area contributed by atoms with Crippen molar-refractivity contribution in [2.75, 3.05) is 12.4 Å². The van der Waals surface area contributed by atoms with Crippen LogP contribution in [0.1, 0.15) is 50.6 Å². The number of anilines is 1. The lowest BCUT2D eigenvalue weighted by molar-refractivity contribution is -0.146. The summed E-state index contributed by atoms with van der Waals surface area (Å²) in [6.45, 7) is 0. The Morgan fingerprint density at radius 3 is 2.69 bits per heavy atom. The van der Waals surface area contributed by atoms with Crippen molar-refractivity contribution < 1.29 is 19.0 Å². The highest BCUT2D eigenvalue weighted by Gasteiger charge is 2.37. The second-order valence-corrected chi connectivity index (χ2v) is 7.92. The van der Waals surface area contributed by atoms with Gasteiger partial charge in [-0.3, -0.25) is 9.78 Å². The van der Waals surface area contributed by atoms with E-state index in [1.165, 1.54) is 7.11 Å². The lowest BCUT2D eigenvalue weighted by Gasteiger charge is -2.36. The molecule has 0 bridgehead atoms. The molecule has 0 aromatic carbocycles. The molecule has 0 amide bonds. The number of esters is 1. The Balaban J connectivity index is 1.49. The van der Waals surface area contributed by atoms with Crippen molar-refractivity contribution in [2.45, 2.75) is 56.6 Å². The third-order valence-electron chi connectivity index (χ3n) is 6.03. The van der Waals surface area contributed by atoms with E-state index in [1.807, 2.05) is 0 Å². The van der Waals surface area contributed by atoms with E-state index in [9.17, 15) is 14.3 Å². The molecule has 2 aliphatic rings. The molecule has 2 heterocycles. The maximum atomic E-state index is 14.5. The van der Waals surface area contributed by atoms with Crippen molar-refractivity contribution in [1.82, 2.24) is 15.0 Å². The molecule has 7 nitrogen and oxygen atoms in total. The van der Waals surface area contributed by atoms with Crippen molar-refractivity contribution in [3.8, 4) is 11.3 Å². The standard InChI is InChI=1S/C21H25FN4O3/c1-29-19(27)13-3-5-15(6-4-13)25-20-24-12-16(22)18(26-20)14-7-10-23-17(11-14)21(28)8-2-9-21/h7,10-13,15,28H,2-6,8-9H2,1H3,(H,24,25,26). The van der Waals surface area contributed by atoms with Crippen LogP contribution in [0.4, 0.5) is 10.3 Å². The Labute approximate surface area is 168 Å². The molecular weight excluding hydrogens is 375 g/mol. The molecule has 2 saturated carbocycles. The first-order chi connectivity index (χ1) is 14.0. The Morgan fingerprint density at radius 2 is 2.03 bits per heavy atom. The highest BCUT2D eigenvalue weighted by atomic mass is 19.1. The number of carbonyl (C=O) groups excluding carboxylic acids is 1. The van der Waals surface area contributed by atoms with Crippen LogP contribution in [0.5, 0.6) is 0 Å². The van der Waals surface area contributed by atoms with Crippen LogP contribution in [-0.2, 0) is 15.1 Å². The van der Waals surface area contributed by atoms with E-state index in [0.29, 0.717) is 30.0 Å². The second kappa shape index (κ2) is 8.02. The van der Waals surface area contributed by atoms with Gasteiger partial charge in [-0.15, -0.1) is 0 Å². The van der Waals surface area contributed by atoms with E-state index in [-0.39, 0.29) is 23.6 Å². The topological polar surface area (TPSA) is 97.2 Å². The third kappa shape index (κ3) is 4.07. The fourth-order valence-corrected chi connectivity index (χ4v) is 4.06. The Bertz CT molecular complexity index is 895. The van der Waals surface area contributed by atoms with Crippen LogP contribution in [0.25, 0.3) is 11.3 Å². The summed E-state index contributed by atoms with van der Waals surface area (Å²) in [5.74, 6) is -0.396. The van der Waals surface area contributed by atoms with Crippen molar-refractivity contribution in [2.24, 2.45) is 5.92 Å². The van der Waals surface area contributed by atoms with E-state index in [0.717, 1.165) is 38.3 Å².